The van der Waals surface area contributed by atoms with Crippen LogP contribution in [-0.2, 0) is 16.9 Å². The zero-order chi connectivity index (χ0) is 20.3. The molecule has 0 spiro atoms. The summed E-state index contributed by atoms with van der Waals surface area (Å²) in [6.45, 7) is 8.39. The van der Waals surface area contributed by atoms with E-state index in [2.05, 4.69) is 15.3 Å². The molecule has 28 heavy (non-hydrogen) atoms. The molecule has 0 aromatic carbocycles. The second-order valence-electron chi connectivity index (χ2n) is 7.16. The number of nitrogens with zero attached hydrogens (tertiary/aromatic N) is 3. The molecular formula is C20H23ClN4O2S. The summed E-state index contributed by atoms with van der Waals surface area (Å²) in [4.78, 5) is 21.3. The highest BCUT2D eigenvalue weighted by atomic mass is 35.5. The number of thiazole rings is 1. The van der Waals surface area contributed by atoms with Gasteiger partial charge in [-0.15, -0.1) is 11.3 Å². The minimum absolute atomic E-state index is 0.0815. The van der Waals surface area contributed by atoms with Crippen molar-refractivity contribution in [3.63, 3.8) is 0 Å². The van der Waals surface area contributed by atoms with Crippen molar-refractivity contribution in [1.82, 2.24) is 14.5 Å². The van der Waals surface area contributed by atoms with Gasteiger partial charge in [0.05, 0.1) is 16.8 Å². The van der Waals surface area contributed by atoms with E-state index >= 15 is 0 Å². The lowest BCUT2D eigenvalue weighted by Crippen LogP contribution is -2.26. The molecule has 0 atom stereocenters. The number of ether oxygens (including phenoxy) is 1. The van der Waals surface area contributed by atoms with Gasteiger partial charge >= 0.3 is 0 Å². The fraction of sp³-hybridized carbons (Fsp3) is 0.350. The summed E-state index contributed by atoms with van der Waals surface area (Å²) in [6.07, 6.45) is 5.21. The number of aromatic nitrogens is 3. The van der Waals surface area contributed by atoms with Gasteiger partial charge in [0.25, 0.3) is 5.91 Å². The van der Waals surface area contributed by atoms with Crippen molar-refractivity contribution in [3.05, 3.63) is 64.1 Å². The normalized spacial score (nSPS) is 11.8. The Balaban J connectivity index is 1.73. The van der Waals surface area contributed by atoms with Gasteiger partial charge in [-0.2, -0.15) is 0 Å². The van der Waals surface area contributed by atoms with Crippen LogP contribution in [0.1, 0.15) is 49.4 Å². The number of amides is 1. The van der Waals surface area contributed by atoms with Crippen LogP contribution in [0.25, 0.3) is 0 Å². The Labute approximate surface area is 173 Å². The molecule has 0 aliphatic rings. The van der Waals surface area contributed by atoms with Gasteiger partial charge < -0.3 is 9.30 Å². The molecule has 0 saturated heterocycles. The van der Waals surface area contributed by atoms with Crippen LogP contribution in [0, 0.1) is 0 Å². The predicted molar refractivity (Wildman–Crippen MR) is 112 cm³/mol. The van der Waals surface area contributed by atoms with E-state index in [0.29, 0.717) is 22.4 Å². The van der Waals surface area contributed by atoms with Gasteiger partial charge in [0, 0.05) is 30.5 Å². The number of hydrogen-bond donors (Lipinski definition) is 1. The van der Waals surface area contributed by atoms with Crippen molar-refractivity contribution in [2.75, 3.05) is 5.32 Å². The predicted octanol–water partition coefficient (Wildman–Crippen LogP) is 4.95. The maximum Gasteiger partial charge on any atom is 0.274 e. The summed E-state index contributed by atoms with van der Waals surface area (Å²) in [5.41, 5.74) is 1.69. The second-order valence-corrected chi connectivity index (χ2v) is 8.42. The van der Waals surface area contributed by atoms with Crippen molar-refractivity contribution >= 4 is 34.0 Å². The average Bonchev–Trinajstić information content (AvgIpc) is 3.25. The van der Waals surface area contributed by atoms with Gasteiger partial charge in [0.15, 0.2) is 5.13 Å². The SMILES string of the molecule is CC(C)OC(C)(C)c1csc(NC(=O)c2cccn2Cc2ccncc2Cl)n1. The largest absolute Gasteiger partial charge is 0.367 e. The molecule has 148 valence electrons. The van der Waals surface area contributed by atoms with Gasteiger partial charge in [0.2, 0.25) is 0 Å². The molecule has 3 aromatic rings. The molecular weight excluding hydrogens is 396 g/mol. The molecule has 6 nitrogen and oxygen atoms in total. The van der Waals surface area contributed by atoms with Crippen molar-refractivity contribution < 1.29 is 9.53 Å². The van der Waals surface area contributed by atoms with Gasteiger partial charge in [-0.25, -0.2) is 4.98 Å². The smallest absolute Gasteiger partial charge is 0.274 e. The third kappa shape index (κ3) is 4.79. The monoisotopic (exact) mass is 418 g/mol. The fourth-order valence-electron chi connectivity index (χ4n) is 2.89. The van der Waals surface area contributed by atoms with Gasteiger partial charge in [-0.1, -0.05) is 11.6 Å². The molecule has 0 radical (unpaired) electrons. The van der Waals surface area contributed by atoms with Crippen LogP contribution in [0.2, 0.25) is 5.02 Å². The quantitative estimate of drug-likeness (QED) is 0.589. The lowest BCUT2D eigenvalue weighted by molar-refractivity contribution is -0.0623. The number of pyridine rings is 1. The highest BCUT2D eigenvalue weighted by Gasteiger charge is 2.26. The maximum atomic E-state index is 12.8. The molecule has 1 amide bonds. The molecule has 0 unspecified atom stereocenters. The average molecular weight is 419 g/mol. The van der Waals surface area contributed by atoms with Crippen LogP contribution in [-0.4, -0.2) is 26.5 Å². The minimum Gasteiger partial charge on any atom is -0.367 e. The lowest BCUT2D eigenvalue weighted by atomic mass is 10.1. The minimum atomic E-state index is -0.522. The molecule has 0 bridgehead atoms. The van der Waals surface area contributed by atoms with Crippen LogP contribution in [0.15, 0.2) is 42.2 Å². The molecule has 3 rings (SSSR count). The first kappa shape index (κ1) is 20.5. The number of rotatable bonds is 7. The number of halogens is 1. The molecule has 0 aliphatic heterocycles. The van der Waals surface area contributed by atoms with E-state index in [1.807, 2.05) is 56.0 Å². The standard InChI is InChI=1S/C20H23ClN4O2S/c1-13(2)27-20(3,4)17-12-28-19(23-17)24-18(26)16-6-5-9-25(16)11-14-7-8-22-10-15(14)21/h5-10,12-13H,11H2,1-4H3,(H,23,24,26). The Morgan fingerprint density at radius 3 is 2.89 bits per heavy atom. The van der Waals surface area contributed by atoms with E-state index in [0.717, 1.165) is 11.3 Å². The number of hydrogen-bond acceptors (Lipinski definition) is 5. The summed E-state index contributed by atoms with van der Waals surface area (Å²) in [5, 5.41) is 5.89. The van der Waals surface area contributed by atoms with Crippen LogP contribution >= 0.6 is 22.9 Å². The summed E-state index contributed by atoms with van der Waals surface area (Å²) in [5.74, 6) is -0.223. The Morgan fingerprint density at radius 1 is 1.39 bits per heavy atom. The number of carbonyl (C=O) groups excluding carboxylic acids is 1. The Morgan fingerprint density at radius 2 is 2.18 bits per heavy atom. The molecule has 1 N–H and O–H groups in total. The van der Waals surface area contributed by atoms with E-state index in [1.165, 1.54) is 11.3 Å². The van der Waals surface area contributed by atoms with E-state index in [1.54, 1.807) is 18.5 Å². The maximum absolute atomic E-state index is 12.8. The van der Waals surface area contributed by atoms with Gasteiger partial charge in [-0.05, 0) is 51.5 Å². The Hall–Kier alpha value is -2.22. The Bertz CT molecular complexity index is 965. The first-order valence-corrected chi connectivity index (χ1v) is 10.2. The number of nitrogens with one attached hydrogen (secondary N) is 1. The molecule has 0 saturated carbocycles. The number of carbonyl (C=O) groups is 1. The van der Waals surface area contributed by atoms with Crippen molar-refractivity contribution in [3.8, 4) is 0 Å². The Kier molecular flexibility index (Phi) is 6.17. The molecule has 0 fully saturated rings. The van der Waals surface area contributed by atoms with Crippen LogP contribution in [0.3, 0.4) is 0 Å². The van der Waals surface area contributed by atoms with E-state index in [4.69, 9.17) is 16.3 Å². The van der Waals surface area contributed by atoms with Crippen LogP contribution in [0.5, 0.6) is 0 Å². The van der Waals surface area contributed by atoms with Crippen molar-refractivity contribution in [2.45, 2.75) is 45.9 Å². The van der Waals surface area contributed by atoms with E-state index < -0.39 is 5.60 Å². The molecule has 8 heteroatoms. The van der Waals surface area contributed by atoms with E-state index in [-0.39, 0.29) is 12.0 Å². The summed E-state index contributed by atoms with van der Waals surface area (Å²) < 4.78 is 7.76. The molecule has 3 aromatic heterocycles. The molecule has 0 aliphatic carbocycles. The number of anilines is 1. The highest BCUT2D eigenvalue weighted by Crippen LogP contribution is 2.29. The highest BCUT2D eigenvalue weighted by molar-refractivity contribution is 7.14. The van der Waals surface area contributed by atoms with Gasteiger partial charge in [-0.3, -0.25) is 15.1 Å². The summed E-state index contributed by atoms with van der Waals surface area (Å²) >= 11 is 7.57. The second kappa shape index (κ2) is 8.43. The third-order valence-corrected chi connectivity index (χ3v) is 5.23. The summed E-state index contributed by atoms with van der Waals surface area (Å²) in [6, 6.07) is 5.44. The zero-order valence-corrected chi connectivity index (χ0v) is 17.8. The third-order valence-electron chi connectivity index (χ3n) is 4.13. The van der Waals surface area contributed by atoms with E-state index in [9.17, 15) is 4.79 Å². The zero-order valence-electron chi connectivity index (χ0n) is 16.3. The van der Waals surface area contributed by atoms with Crippen LogP contribution in [0.4, 0.5) is 5.13 Å². The van der Waals surface area contributed by atoms with Crippen molar-refractivity contribution in [1.29, 1.82) is 0 Å². The molecule has 3 heterocycles. The fourth-order valence-corrected chi connectivity index (χ4v) is 3.93. The van der Waals surface area contributed by atoms with Crippen LogP contribution < -0.4 is 5.32 Å². The first-order chi connectivity index (χ1) is 13.3. The lowest BCUT2D eigenvalue weighted by Gasteiger charge is -2.25. The van der Waals surface area contributed by atoms with Gasteiger partial charge in [0.1, 0.15) is 11.3 Å². The summed E-state index contributed by atoms with van der Waals surface area (Å²) in [7, 11) is 0. The van der Waals surface area contributed by atoms with Crippen molar-refractivity contribution in [2.24, 2.45) is 0 Å². The first-order valence-electron chi connectivity index (χ1n) is 8.95. The topological polar surface area (TPSA) is 69.0 Å².